The van der Waals surface area contributed by atoms with Gasteiger partial charge in [-0.25, -0.2) is 4.39 Å². The zero-order chi connectivity index (χ0) is 13.3. The van der Waals surface area contributed by atoms with Crippen LogP contribution in [-0.2, 0) is 0 Å². The molecule has 0 saturated heterocycles. The molecule has 0 nitrogen and oxygen atoms in total. The van der Waals surface area contributed by atoms with E-state index in [-0.39, 0.29) is 10.6 Å². The van der Waals surface area contributed by atoms with Crippen molar-refractivity contribution in [2.45, 2.75) is 18.7 Å². The molecule has 0 heterocycles. The van der Waals surface area contributed by atoms with E-state index < -0.39 is 0 Å². The summed E-state index contributed by atoms with van der Waals surface area (Å²) in [4.78, 5) is 0.0236. The van der Waals surface area contributed by atoms with Crippen LogP contribution in [0, 0.1) is 19.7 Å². The summed E-state index contributed by atoms with van der Waals surface area (Å²) in [5.41, 5.74) is 3.83. The summed E-state index contributed by atoms with van der Waals surface area (Å²) in [6.07, 6.45) is 0. The van der Waals surface area contributed by atoms with E-state index in [4.69, 9.17) is 11.6 Å². The smallest absolute Gasteiger partial charge is 0.126 e. The van der Waals surface area contributed by atoms with Crippen LogP contribution < -0.4 is 0 Å². The second kappa shape index (κ2) is 5.41. The minimum Gasteiger partial charge on any atom is -0.207 e. The van der Waals surface area contributed by atoms with Gasteiger partial charge in [-0.2, -0.15) is 0 Å². The average Bonchev–Trinajstić information content (AvgIpc) is 2.35. The number of hydrogen-bond acceptors (Lipinski definition) is 0. The maximum Gasteiger partial charge on any atom is 0.126 e. The first kappa shape index (κ1) is 13.6. The van der Waals surface area contributed by atoms with Gasteiger partial charge in [0.2, 0.25) is 0 Å². The summed E-state index contributed by atoms with van der Waals surface area (Å²) in [7, 11) is 0. The van der Waals surface area contributed by atoms with E-state index in [9.17, 15) is 4.39 Å². The van der Waals surface area contributed by atoms with Crippen molar-refractivity contribution in [1.82, 2.24) is 0 Å². The lowest BCUT2D eigenvalue weighted by Crippen LogP contribution is -1.97. The van der Waals surface area contributed by atoms with Crippen LogP contribution in [0.25, 0.3) is 0 Å². The predicted molar refractivity (Wildman–Crippen MR) is 78.1 cm³/mol. The quantitative estimate of drug-likeness (QED) is 0.632. The molecule has 1 atom stereocenters. The molecule has 18 heavy (non-hydrogen) atoms. The highest BCUT2D eigenvalue weighted by Gasteiger charge is 2.14. The Labute approximate surface area is 120 Å². The van der Waals surface area contributed by atoms with Gasteiger partial charge in [-0.1, -0.05) is 51.8 Å². The SMILES string of the molecule is Cc1cc(C(Br)c2cccc(Cl)c2C)ccc1F. The van der Waals surface area contributed by atoms with Crippen molar-refractivity contribution in [3.63, 3.8) is 0 Å². The number of alkyl halides is 1. The number of benzene rings is 2. The van der Waals surface area contributed by atoms with Gasteiger partial charge in [-0.3, -0.25) is 0 Å². The lowest BCUT2D eigenvalue weighted by Gasteiger charge is -2.15. The number of halogens is 3. The van der Waals surface area contributed by atoms with Crippen LogP contribution >= 0.6 is 27.5 Å². The first-order valence-electron chi connectivity index (χ1n) is 5.66. The zero-order valence-electron chi connectivity index (χ0n) is 10.2. The van der Waals surface area contributed by atoms with Crippen LogP contribution in [-0.4, -0.2) is 0 Å². The van der Waals surface area contributed by atoms with Gasteiger partial charge in [0.25, 0.3) is 0 Å². The highest BCUT2D eigenvalue weighted by molar-refractivity contribution is 9.09. The standard InChI is InChI=1S/C15H13BrClF/c1-9-8-11(6-7-14(9)18)15(16)12-4-3-5-13(17)10(12)2/h3-8,15H,1-2H3. The zero-order valence-corrected chi connectivity index (χ0v) is 12.5. The molecule has 0 fully saturated rings. The van der Waals surface area contributed by atoms with Crippen molar-refractivity contribution in [2.24, 2.45) is 0 Å². The summed E-state index contributed by atoms with van der Waals surface area (Å²) in [5, 5.41) is 0.746. The Bertz CT molecular complexity index is 581. The van der Waals surface area contributed by atoms with E-state index in [1.54, 1.807) is 13.0 Å². The Hall–Kier alpha value is -0.860. The fraction of sp³-hybridized carbons (Fsp3) is 0.200. The van der Waals surface area contributed by atoms with Crippen molar-refractivity contribution >= 4 is 27.5 Å². The Morgan fingerprint density at radius 2 is 1.89 bits per heavy atom. The molecule has 1 unspecified atom stereocenters. The average molecular weight is 328 g/mol. The summed E-state index contributed by atoms with van der Waals surface area (Å²) >= 11 is 9.78. The Kier molecular flexibility index (Phi) is 4.08. The third-order valence-electron chi connectivity index (χ3n) is 3.06. The van der Waals surface area contributed by atoms with Gasteiger partial charge >= 0.3 is 0 Å². The molecule has 0 aliphatic heterocycles. The third kappa shape index (κ3) is 2.60. The summed E-state index contributed by atoms with van der Waals surface area (Å²) in [6.45, 7) is 3.76. The fourth-order valence-corrected chi connectivity index (χ4v) is 2.87. The first-order chi connectivity index (χ1) is 8.50. The number of rotatable bonds is 2. The fourth-order valence-electron chi connectivity index (χ4n) is 1.90. The normalized spacial score (nSPS) is 12.5. The molecule has 0 aliphatic rings. The van der Waals surface area contributed by atoms with Gasteiger partial charge < -0.3 is 0 Å². The van der Waals surface area contributed by atoms with Crippen molar-refractivity contribution in [2.75, 3.05) is 0 Å². The minimum absolute atomic E-state index is 0.0236. The van der Waals surface area contributed by atoms with Crippen molar-refractivity contribution in [3.8, 4) is 0 Å². The van der Waals surface area contributed by atoms with E-state index in [2.05, 4.69) is 15.9 Å². The molecule has 0 amide bonds. The third-order valence-corrected chi connectivity index (χ3v) is 4.49. The molecule has 0 aromatic heterocycles. The second-order valence-corrected chi connectivity index (χ2v) is 5.65. The molecule has 3 heteroatoms. The predicted octanol–water partition coefficient (Wildman–Crippen LogP) is 5.58. The van der Waals surface area contributed by atoms with Crippen LogP contribution in [0.5, 0.6) is 0 Å². The number of hydrogen-bond donors (Lipinski definition) is 0. The minimum atomic E-state index is -0.179. The second-order valence-electron chi connectivity index (χ2n) is 4.33. The molecule has 2 rings (SSSR count). The molecule has 0 saturated carbocycles. The molecular formula is C15H13BrClF. The van der Waals surface area contributed by atoms with Gasteiger partial charge in [0.05, 0.1) is 4.83 Å². The number of aryl methyl sites for hydroxylation is 1. The molecule has 94 valence electrons. The maximum atomic E-state index is 13.3. The van der Waals surface area contributed by atoms with E-state index in [0.29, 0.717) is 5.56 Å². The van der Waals surface area contributed by atoms with E-state index in [1.165, 1.54) is 6.07 Å². The van der Waals surface area contributed by atoms with Crippen LogP contribution in [0.15, 0.2) is 36.4 Å². The molecule has 0 radical (unpaired) electrons. The largest absolute Gasteiger partial charge is 0.207 e. The summed E-state index contributed by atoms with van der Waals surface area (Å²) in [5.74, 6) is -0.179. The Morgan fingerprint density at radius 3 is 2.56 bits per heavy atom. The van der Waals surface area contributed by atoms with Crippen molar-refractivity contribution < 1.29 is 4.39 Å². The topological polar surface area (TPSA) is 0 Å². The van der Waals surface area contributed by atoms with Gasteiger partial charge in [-0.15, -0.1) is 0 Å². The van der Waals surface area contributed by atoms with E-state index >= 15 is 0 Å². The van der Waals surface area contributed by atoms with Gasteiger partial charge in [0.15, 0.2) is 0 Å². The van der Waals surface area contributed by atoms with Crippen molar-refractivity contribution in [1.29, 1.82) is 0 Å². The highest BCUT2D eigenvalue weighted by Crippen LogP contribution is 2.35. The molecule has 0 spiro atoms. The summed E-state index contributed by atoms with van der Waals surface area (Å²) in [6, 6.07) is 11.0. The van der Waals surface area contributed by atoms with Gasteiger partial charge in [-0.05, 0) is 48.2 Å². The van der Waals surface area contributed by atoms with Crippen LogP contribution in [0.3, 0.4) is 0 Å². The first-order valence-corrected chi connectivity index (χ1v) is 6.95. The molecule has 0 N–H and O–H groups in total. The van der Waals surface area contributed by atoms with E-state index in [0.717, 1.165) is 21.7 Å². The molecule has 2 aromatic carbocycles. The van der Waals surface area contributed by atoms with Gasteiger partial charge in [0.1, 0.15) is 5.82 Å². The van der Waals surface area contributed by atoms with Crippen molar-refractivity contribution in [3.05, 3.63) is 69.5 Å². The lowest BCUT2D eigenvalue weighted by molar-refractivity contribution is 0.617. The van der Waals surface area contributed by atoms with Crippen LogP contribution in [0.2, 0.25) is 5.02 Å². The van der Waals surface area contributed by atoms with Gasteiger partial charge in [0, 0.05) is 5.02 Å². The highest BCUT2D eigenvalue weighted by atomic mass is 79.9. The Morgan fingerprint density at radius 1 is 1.17 bits per heavy atom. The Balaban J connectivity index is 2.44. The lowest BCUT2D eigenvalue weighted by atomic mass is 9.99. The molecular weight excluding hydrogens is 315 g/mol. The summed E-state index contributed by atoms with van der Waals surface area (Å²) < 4.78 is 13.3. The molecule has 0 bridgehead atoms. The molecule has 0 aliphatic carbocycles. The van der Waals surface area contributed by atoms with Crippen LogP contribution in [0.1, 0.15) is 27.1 Å². The monoisotopic (exact) mass is 326 g/mol. The maximum absolute atomic E-state index is 13.3. The van der Waals surface area contributed by atoms with Crippen LogP contribution in [0.4, 0.5) is 4.39 Å². The van der Waals surface area contributed by atoms with E-state index in [1.807, 2.05) is 31.2 Å². The molecule has 2 aromatic rings.